The highest BCUT2D eigenvalue weighted by molar-refractivity contribution is 5.92. The van der Waals surface area contributed by atoms with Crippen LogP contribution in [0.3, 0.4) is 0 Å². The number of esters is 1. The third-order valence-corrected chi connectivity index (χ3v) is 3.33. The van der Waals surface area contributed by atoms with Gasteiger partial charge >= 0.3 is 5.97 Å². The second-order valence-electron chi connectivity index (χ2n) is 4.63. The largest absolute Gasteiger partial charge is 0.462 e. The Labute approximate surface area is 126 Å². The standard InChI is InChI=1S/C14H14N4O4/c1-2-22-14(19)11-8-17(16)12(7-15)13(11)9-3-5-10(6-4-9)18(20)21/h3,5-6,8-9H,2,4,16H2,1H3. The zero-order chi connectivity index (χ0) is 16.3. The molecule has 0 spiro atoms. The molecular weight excluding hydrogens is 288 g/mol. The molecule has 0 aromatic carbocycles. The lowest BCUT2D eigenvalue weighted by molar-refractivity contribution is -0.419. The van der Waals surface area contributed by atoms with Crippen molar-refractivity contribution in [3.8, 4) is 6.07 Å². The average Bonchev–Trinajstić information content (AvgIpc) is 2.84. The molecular formula is C14H14N4O4. The number of nitriles is 1. The zero-order valence-electron chi connectivity index (χ0n) is 11.9. The van der Waals surface area contributed by atoms with E-state index in [0.29, 0.717) is 12.0 Å². The predicted molar refractivity (Wildman–Crippen MR) is 76.8 cm³/mol. The van der Waals surface area contributed by atoms with Crippen molar-refractivity contribution in [3.05, 3.63) is 57.1 Å². The highest BCUT2D eigenvalue weighted by atomic mass is 16.6. The first-order chi connectivity index (χ1) is 10.5. The molecule has 2 rings (SSSR count). The summed E-state index contributed by atoms with van der Waals surface area (Å²) in [5, 5.41) is 20.0. The van der Waals surface area contributed by atoms with Crippen molar-refractivity contribution >= 4 is 5.97 Å². The fraction of sp³-hybridized carbons (Fsp3) is 0.286. The average molecular weight is 302 g/mol. The van der Waals surface area contributed by atoms with Gasteiger partial charge in [0.15, 0.2) is 0 Å². The number of hydrogen-bond donors (Lipinski definition) is 1. The van der Waals surface area contributed by atoms with E-state index in [1.54, 1.807) is 13.0 Å². The van der Waals surface area contributed by atoms with Gasteiger partial charge in [-0.1, -0.05) is 6.08 Å². The summed E-state index contributed by atoms with van der Waals surface area (Å²) < 4.78 is 6.04. The number of ether oxygens (including phenoxy) is 1. The fourth-order valence-corrected chi connectivity index (χ4v) is 2.36. The lowest BCUT2D eigenvalue weighted by Crippen LogP contribution is -2.12. The van der Waals surface area contributed by atoms with E-state index in [4.69, 9.17) is 10.6 Å². The van der Waals surface area contributed by atoms with Gasteiger partial charge in [-0.25, -0.2) is 4.79 Å². The van der Waals surface area contributed by atoms with Gasteiger partial charge in [0.2, 0.25) is 0 Å². The Bertz CT molecular complexity index is 724. The second kappa shape index (κ2) is 6.13. The van der Waals surface area contributed by atoms with E-state index in [1.165, 1.54) is 18.3 Å². The van der Waals surface area contributed by atoms with Crippen LogP contribution in [0.5, 0.6) is 0 Å². The summed E-state index contributed by atoms with van der Waals surface area (Å²) in [6.45, 7) is 1.87. The molecule has 0 saturated heterocycles. The topological polar surface area (TPSA) is 124 Å². The van der Waals surface area contributed by atoms with Crippen LogP contribution < -0.4 is 5.84 Å². The monoisotopic (exact) mass is 302 g/mol. The number of nitro groups is 1. The van der Waals surface area contributed by atoms with E-state index in [1.807, 2.05) is 6.07 Å². The first-order valence-electron chi connectivity index (χ1n) is 6.59. The van der Waals surface area contributed by atoms with Crippen molar-refractivity contribution in [1.82, 2.24) is 4.68 Å². The Morgan fingerprint density at radius 3 is 2.91 bits per heavy atom. The maximum Gasteiger partial charge on any atom is 0.340 e. The maximum absolute atomic E-state index is 12.0. The van der Waals surface area contributed by atoms with Crippen LogP contribution in [0.2, 0.25) is 0 Å². The third kappa shape index (κ3) is 2.69. The van der Waals surface area contributed by atoms with Gasteiger partial charge in [-0.15, -0.1) is 0 Å². The van der Waals surface area contributed by atoms with E-state index in [2.05, 4.69) is 0 Å². The number of carbonyl (C=O) groups excluding carboxylic acids is 1. The number of nitrogens with zero attached hydrogens (tertiary/aromatic N) is 3. The van der Waals surface area contributed by atoms with E-state index in [0.717, 1.165) is 4.68 Å². The van der Waals surface area contributed by atoms with Gasteiger partial charge < -0.3 is 10.6 Å². The molecule has 1 aromatic rings. The van der Waals surface area contributed by atoms with Crippen LogP contribution in [0, 0.1) is 21.4 Å². The highest BCUT2D eigenvalue weighted by Crippen LogP contribution is 2.32. The molecule has 0 bridgehead atoms. The Morgan fingerprint density at radius 2 is 2.41 bits per heavy atom. The molecule has 22 heavy (non-hydrogen) atoms. The van der Waals surface area contributed by atoms with Gasteiger partial charge in [-0.3, -0.25) is 14.8 Å². The lowest BCUT2D eigenvalue weighted by Gasteiger charge is -2.14. The summed E-state index contributed by atoms with van der Waals surface area (Å²) in [5.74, 6) is 4.79. The molecule has 0 aliphatic heterocycles. The molecule has 0 radical (unpaired) electrons. The molecule has 2 N–H and O–H groups in total. The number of aromatic nitrogens is 1. The zero-order valence-corrected chi connectivity index (χ0v) is 11.9. The number of nitrogen functional groups attached to an aromatic ring is 1. The summed E-state index contributed by atoms with van der Waals surface area (Å²) in [6, 6.07) is 1.95. The quantitative estimate of drug-likeness (QED) is 0.388. The van der Waals surface area contributed by atoms with Crippen LogP contribution in [-0.4, -0.2) is 22.2 Å². The normalized spacial score (nSPS) is 16.7. The minimum Gasteiger partial charge on any atom is -0.462 e. The fourth-order valence-electron chi connectivity index (χ4n) is 2.36. The summed E-state index contributed by atoms with van der Waals surface area (Å²) in [5.41, 5.74) is 0.752. The predicted octanol–water partition coefficient (Wildman–Crippen LogP) is 1.45. The molecule has 1 heterocycles. The number of nitrogens with two attached hydrogens (primary N) is 1. The smallest absolute Gasteiger partial charge is 0.340 e. The van der Waals surface area contributed by atoms with Gasteiger partial charge in [0.25, 0.3) is 5.70 Å². The van der Waals surface area contributed by atoms with Crippen LogP contribution in [0.1, 0.15) is 40.9 Å². The SMILES string of the molecule is CCOC(=O)c1cn(N)c(C#N)c1C1C=CC([N+](=O)[O-])=CC1. The van der Waals surface area contributed by atoms with Crippen molar-refractivity contribution in [2.75, 3.05) is 12.4 Å². The molecule has 0 saturated carbocycles. The van der Waals surface area contributed by atoms with Gasteiger partial charge in [-0.2, -0.15) is 5.26 Å². The summed E-state index contributed by atoms with van der Waals surface area (Å²) in [7, 11) is 0. The third-order valence-electron chi connectivity index (χ3n) is 3.33. The van der Waals surface area contributed by atoms with Crippen molar-refractivity contribution < 1.29 is 14.5 Å². The molecule has 1 unspecified atom stereocenters. The number of carbonyl (C=O) groups is 1. The number of rotatable bonds is 4. The van der Waals surface area contributed by atoms with Gasteiger partial charge in [-0.05, 0) is 19.4 Å². The Morgan fingerprint density at radius 1 is 1.68 bits per heavy atom. The minimum absolute atomic E-state index is 0.0142. The van der Waals surface area contributed by atoms with Gasteiger partial charge in [0.05, 0.1) is 17.1 Å². The van der Waals surface area contributed by atoms with Crippen molar-refractivity contribution in [1.29, 1.82) is 5.26 Å². The van der Waals surface area contributed by atoms with Crippen LogP contribution in [-0.2, 0) is 4.74 Å². The molecule has 114 valence electrons. The lowest BCUT2D eigenvalue weighted by atomic mass is 9.89. The molecule has 1 aliphatic carbocycles. The number of allylic oxidation sites excluding steroid dienone is 3. The molecule has 1 aromatic heterocycles. The highest BCUT2D eigenvalue weighted by Gasteiger charge is 2.28. The van der Waals surface area contributed by atoms with E-state index in [9.17, 15) is 20.2 Å². The molecule has 8 nitrogen and oxygen atoms in total. The molecule has 1 aliphatic rings. The summed E-state index contributed by atoms with van der Waals surface area (Å²) >= 11 is 0. The van der Waals surface area contributed by atoms with Crippen molar-refractivity contribution in [2.24, 2.45) is 0 Å². The van der Waals surface area contributed by atoms with Crippen molar-refractivity contribution in [2.45, 2.75) is 19.3 Å². The second-order valence-corrected chi connectivity index (χ2v) is 4.63. The van der Waals surface area contributed by atoms with Gasteiger partial charge in [0.1, 0.15) is 11.8 Å². The first kappa shape index (κ1) is 15.3. The number of hydrogen-bond acceptors (Lipinski definition) is 6. The molecule has 8 heteroatoms. The Kier molecular flexibility index (Phi) is 4.27. The van der Waals surface area contributed by atoms with E-state index >= 15 is 0 Å². The van der Waals surface area contributed by atoms with Gasteiger partial charge in [0, 0.05) is 23.8 Å². The minimum atomic E-state index is -0.573. The van der Waals surface area contributed by atoms with E-state index < -0.39 is 10.9 Å². The molecule has 1 atom stereocenters. The van der Waals surface area contributed by atoms with Crippen LogP contribution in [0.4, 0.5) is 0 Å². The summed E-state index contributed by atoms with van der Waals surface area (Å²) in [4.78, 5) is 22.2. The summed E-state index contributed by atoms with van der Waals surface area (Å²) in [6.07, 6.45) is 6.05. The van der Waals surface area contributed by atoms with Crippen LogP contribution in [0.15, 0.2) is 30.1 Å². The molecule has 0 fully saturated rings. The van der Waals surface area contributed by atoms with Crippen molar-refractivity contribution in [3.63, 3.8) is 0 Å². The Balaban J connectivity index is 2.43. The van der Waals surface area contributed by atoms with Crippen LogP contribution in [0.25, 0.3) is 0 Å². The Hall–Kier alpha value is -3.08. The van der Waals surface area contributed by atoms with Crippen LogP contribution >= 0.6 is 0 Å². The first-order valence-corrected chi connectivity index (χ1v) is 6.59. The molecule has 0 amide bonds. The maximum atomic E-state index is 12.0. The van der Waals surface area contributed by atoms with E-state index in [-0.39, 0.29) is 29.5 Å².